The van der Waals surface area contributed by atoms with Crippen LogP contribution in [-0.2, 0) is 18.0 Å². The highest BCUT2D eigenvalue weighted by atomic mass is 28.4. The Morgan fingerprint density at radius 2 is 1.62 bits per heavy atom. The predicted octanol–water partition coefficient (Wildman–Crippen LogP) is -0.240. The summed E-state index contributed by atoms with van der Waals surface area (Å²) < 4.78 is 19.6. The minimum Gasteiger partial charge on any atom is -0.453 e. The van der Waals surface area contributed by atoms with Gasteiger partial charge in [0.2, 0.25) is 0 Å². The van der Waals surface area contributed by atoms with Crippen molar-refractivity contribution in [3.8, 4) is 0 Å². The summed E-state index contributed by atoms with van der Waals surface area (Å²) in [5, 5.41) is 2.45. The molecule has 13 heavy (non-hydrogen) atoms. The Morgan fingerprint density at radius 1 is 1.15 bits per heavy atom. The van der Waals surface area contributed by atoms with Crippen molar-refractivity contribution in [2.24, 2.45) is 0 Å². The van der Waals surface area contributed by atoms with Crippen molar-refractivity contribution in [1.29, 1.82) is 0 Å². The van der Waals surface area contributed by atoms with Crippen LogP contribution >= 0.6 is 0 Å². The highest BCUT2D eigenvalue weighted by molar-refractivity contribution is 6.61. The van der Waals surface area contributed by atoms with E-state index < -0.39 is 14.9 Å². The molecule has 0 bridgehead atoms. The molecule has 0 aromatic carbocycles. The lowest BCUT2D eigenvalue weighted by molar-refractivity contribution is 0.118. The van der Waals surface area contributed by atoms with Gasteiger partial charge in [-0.2, -0.15) is 0 Å². The van der Waals surface area contributed by atoms with Crippen LogP contribution in [0.5, 0.6) is 0 Å². The standard InChI is InChI=1S/C6H15NO5Si/c1-9-6(8)7-5-13(10-2,11-3)12-4/h5H2,1-4H3,(H,7,8). The smallest absolute Gasteiger partial charge is 0.453 e. The molecule has 0 spiro atoms. The molecule has 0 saturated heterocycles. The molecule has 78 valence electrons. The van der Waals surface area contributed by atoms with Crippen molar-refractivity contribution in [3.63, 3.8) is 0 Å². The van der Waals surface area contributed by atoms with Crippen LogP contribution in [0.2, 0.25) is 0 Å². The number of hydrogen-bond acceptors (Lipinski definition) is 5. The number of carbonyl (C=O) groups is 1. The maximum absolute atomic E-state index is 10.7. The first-order valence-corrected chi connectivity index (χ1v) is 5.54. The Labute approximate surface area is 78.5 Å². The summed E-state index contributed by atoms with van der Waals surface area (Å²) >= 11 is 0. The number of alkyl carbamates (subject to hydrolysis) is 1. The molecule has 0 aliphatic rings. The third kappa shape index (κ3) is 3.72. The molecule has 0 radical (unpaired) electrons. The molecule has 0 unspecified atom stereocenters. The summed E-state index contributed by atoms with van der Waals surface area (Å²) in [4.78, 5) is 10.7. The first-order valence-electron chi connectivity index (χ1n) is 3.61. The molecule has 6 nitrogen and oxygen atoms in total. The minimum absolute atomic E-state index is 0.184. The maximum Gasteiger partial charge on any atom is 0.520 e. The molecule has 0 aromatic heterocycles. The molecule has 0 rings (SSSR count). The molecule has 0 saturated carbocycles. The van der Waals surface area contributed by atoms with E-state index in [1.165, 1.54) is 28.4 Å². The van der Waals surface area contributed by atoms with Gasteiger partial charge in [0.15, 0.2) is 0 Å². The Bertz CT molecular complexity index is 153. The van der Waals surface area contributed by atoms with Crippen LogP contribution in [0.25, 0.3) is 0 Å². The second-order valence-corrected chi connectivity index (χ2v) is 5.08. The number of ether oxygens (including phenoxy) is 1. The summed E-state index contributed by atoms with van der Waals surface area (Å²) in [5.41, 5.74) is 0. The zero-order valence-electron chi connectivity index (χ0n) is 8.25. The van der Waals surface area contributed by atoms with E-state index in [0.29, 0.717) is 0 Å². The van der Waals surface area contributed by atoms with E-state index in [4.69, 9.17) is 13.3 Å². The largest absolute Gasteiger partial charge is 0.520 e. The van der Waals surface area contributed by atoms with E-state index in [2.05, 4.69) is 10.1 Å². The SMILES string of the molecule is COC(=O)NC[Si](OC)(OC)OC. The van der Waals surface area contributed by atoms with Gasteiger partial charge in [-0.05, 0) is 0 Å². The molecule has 7 heteroatoms. The van der Waals surface area contributed by atoms with Crippen LogP contribution < -0.4 is 5.32 Å². The lowest BCUT2D eigenvalue weighted by Crippen LogP contribution is -2.53. The number of methoxy groups -OCH3 is 1. The quantitative estimate of drug-likeness (QED) is 0.633. The molecule has 1 amide bonds. The zero-order chi connectivity index (χ0) is 10.3. The van der Waals surface area contributed by atoms with Crippen molar-refractivity contribution < 1.29 is 22.8 Å². The average Bonchev–Trinajstić information content (AvgIpc) is 2.20. The summed E-state index contributed by atoms with van der Waals surface area (Å²) in [6.07, 6.45) is -0.355. The lowest BCUT2D eigenvalue weighted by atomic mass is 11.1. The fraction of sp³-hybridized carbons (Fsp3) is 0.833. The second kappa shape index (κ2) is 5.92. The van der Waals surface area contributed by atoms with Crippen LogP contribution in [0, 0.1) is 0 Å². The van der Waals surface area contributed by atoms with E-state index >= 15 is 0 Å². The number of carbonyl (C=O) groups excluding carboxylic acids is 1. The Morgan fingerprint density at radius 3 is 1.92 bits per heavy atom. The van der Waals surface area contributed by atoms with E-state index in [9.17, 15) is 4.79 Å². The van der Waals surface area contributed by atoms with Crippen molar-refractivity contribution in [2.45, 2.75) is 0 Å². The average molecular weight is 209 g/mol. The topological polar surface area (TPSA) is 66.0 Å². The Balaban J connectivity index is 4.02. The normalized spacial score (nSPS) is 11.1. The van der Waals surface area contributed by atoms with E-state index in [0.717, 1.165) is 0 Å². The monoisotopic (exact) mass is 209 g/mol. The highest BCUT2D eigenvalue weighted by Crippen LogP contribution is 2.03. The Hall–Kier alpha value is -0.633. The fourth-order valence-corrected chi connectivity index (χ4v) is 2.01. The van der Waals surface area contributed by atoms with Crippen molar-refractivity contribution in [2.75, 3.05) is 34.6 Å². The predicted molar refractivity (Wildman–Crippen MR) is 47.2 cm³/mol. The summed E-state index contributed by atoms with van der Waals surface area (Å²) in [6, 6.07) is 0. The van der Waals surface area contributed by atoms with Crippen LogP contribution in [0.1, 0.15) is 0 Å². The van der Waals surface area contributed by atoms with Gasteiger partial charge in [0.05, 0.1) is 13.3 Å². The molecule has 1 N–H and O–H groups in total. The number of amides is 1. The van der Waals surface area contributed by atoms with Crippen molar-refractivity contribution in [3.05, 3.63) is 0 Å². The van der Waals surface area contributed by atoms with Crippen molar-refractivity contribution >= 4 is 14.9 Å². The van der Waals surface area contributed by atoms with E-state index in [1.54, 1.807) is 0 Å². The van der Waals surface area contributed by atoms with Gasteiger partial charge in [-0.15, -0.1) is 0 Å². The molecular weight excluding hydrogens is 194 g/mol. The molecule has 0 fully saturated rings. The molecule has 0 aliphatic carbocycles. The summed E-state index contributed by atoms with van der Waals surface area (Å²) in [7, 11) is 2.99. The van der Waals surface area contributed by atoms with Gasteiger partial charge >= 0.3 is 14.9 Å². The number of hydrogen-bond donors (Lipinski definition) is 1. The van der Waals surface area contributed by atoms with Gasteiger partial charge in [-0.3, -0.25) is 0 Å². The minimum atomic E-state index is -2.71. The van der Waals surface area contributed by atoms with Gasteiger partial charge in [0.25, 0.3) is 0 Å². The molecule has 0 atom stereocenters. The van der Waals surface area contributed by atoms with Crippen LogP contribution in [0.15, 0.2) is 0 Å². The van der Waals surface area contributed by atoms with E-state index in [1.807, 2.05) is 0 Å². The van der Waals surface area contributed by atoms with Crippen molar-refractivity contribution in [1.82, 2.24) is 5.32 Å². The summed E-state index contributed by atoms with van der Waals surface area (Å²) in [5.74, 6) is 0. The van der Waals surface area contributed by atoms with Gasteiger partial charge < -0.3 is 23.3 Å². The molecule has 0 heterocycles. The van der Waals surface area contributed by atoms with Crippen LogP contribution in [0.4, 0.5) is 4.79 Å². The molecular formula is C6H15NO5Si. The number of nitrogens with one attached hydrogen (secondary N) is 1. The van der Waals surface area contributed by atoms with Crippen LogP contribution in [-0.4, -0.2) is 49.5 Å². The highest BCUT2D eigenvalue weighted by Gasteiger charge is 2.38. The first-order chi connectivity index (χ1) is 6.14. The molecule has 0 aliphatic heterocycles. The fourth-order valence-electron chi connectivity index (χ4n) is 0.719. The van der Waals surface area contributed by atoms with Crippen LogP contribution in [0.3, 0.4) is 0 Å². The van der Waals surface area contributed by atoms with Gasteiger partial charge in [-0.25, -0.2) is 4.79 Å². The van der Waals surface area contributed by atoms with Gasteiger partial charge in [0, 0.05) is 21.3 Å². The third-order valence-corrected chi connectivity index (χ3v) is 4.04. The molecule has 0 aromatic rings. The summed E-state index contributed by atoms with van der Waals surface area (Å²) in [6.45, 7) is 0. The first kappa shape index (κ1) is 12.4. The van der Waals surface area contributed by atoms with E-state index in [-0.39, 0.29) is 6.17 Å². The second-order valence-electron chi connectivity index (χ2n) is 2.14. The number of rotatable bonds is 5. The van der Waals surface area contributed by atoms with Gasteiger partial charge in [-0.1, -0.05) is 0 Å². The Kier molecular flexibility index (Phi) is 5.63. The van der Waals surface area contributed by atoms with Gasteiger partial charge in [0.1, 0.15) is 0 Å². The lowest BCUT2D eigenvalue weighted by Gasteiger charge is -2.23. The maximum atomic E-state index is 10.7. The zero-order valence-corrected chi connectivity index (χ0v) is 9.25. The third-order valence-electron chi connectivity index (χ3n) is 1.57.